The zero-order valence-corrected chi connectivity index (χ0v) is 13.5. The lowest BCUT2D eigenvalue weighted by Gasteiger charge is -2.22. The summed E-state index contributed by atoms with van der Waals surface area (Å²) in [5, 5.41) is 6.99. The molecule has 0 fully saturated rings. The minimum Gasteiger partial charge on any atom is -0.333 e. The van der Waals surface area contributed by atoms with Crippen molar-refractivity contribution in [3.63, 3.8) is 0 Å². The lowest BCUT2D eigenvalue weighted by atomic mass is 10.1. The van der Waals surface area contributed by atoms with Crippen LogP contribution in [0.3, 0.4) is 0 Å². The van der Waals surface area contributed by atoms with Gasteiger partial charge in [-0.3, -0.25) is 14.4 Å². The molecule has 2 amide bonds. The number of nitrogens with one attached hydrogen (secondary N) is 1. The molecular formula is C14H15N5O3S. The first-order chi connectivity index (χ1) is 11.0. The fourth-order valence-corrected chi connectivity index (χ4v) is 3.06. The Morgan fingerprint density at radius 1 is 1.43 bits per heavy atom. The first kappa shape index (κ1) is 15.3. The Hall–Kier alpha value is -2.55. The first-order valence-electron chi connectivity index (χ1n) is 7.01. The highest BCUT2D eigenvalue weighted by Crippen LogP contribution is 2.14. The fourth-order valence-electron chi connectivity index (χ4n) is 2.34. The molecule has 1 N–H and O–H groups in total. The number of thiophene rings is 1. The van der Waals surface area contributed by atoms with Crippen LogP contribution < -0.4 is 5.56 Å². The van der Waals surface area contributed by atoms with E-state index in [9.17, 15) is 14.4 Å². The van der Waals surface area contributed by atoms with Gasteiger partial charge >= 0.3 is 0 Å². The van der Waals surface area contributed by atoms with Crippen LogP contribution in [0.15, 0.2) is 21.3 Å². The minimum absolute atomic E-state index is 0.113. The molecule has 3 rings (SSSR count). The number of H-pyrrole nitrogens is 1. The number of carbonyl (C=O) groups is 2. The number of carbonyl (C=O) groups excluding carboxylic acids is 2. The number of nitrogens with zero attached hydrogens (tertiary/aromatic N) is 4. The van der Waals surface area contributed by atoms with E-state index in [4.69, 9.17) is 0 Å². The van der Waals surface area contributed by atoms with Gasteiger partial charge in [0.2, 0.25) is 5.91 Å². The number of fused-ring (bicyclic) bond motifs is 1. The predicted octanol–water partition coefficient (Wildman–Crippen LogP) is 0.551. The fraction of sp³-hybridized carbons (Fsp3) is 0.357. The number of amides is 2. The van der Waals surface area contributed by atoms with Crippen molar-refractivity contribution in [1.29, 1.82) is 0 Å². The van der Waals surface area contributed by atoms with E-state index in [-0.39, 0.29) is 30.3 Å². The highest BCUT2D eigenvalue weighted by atomic mass is 32.1. The van der Waals surface area contributed by atoms with Gasteiger partial charge < -0.3 is 9.88 Å². The summed E-state index contributed by atoms with van der Waals surface area (Å²) in [5.74, 6) is 0.0214. The zero-order valence-electron chi connectivity index (χ0n) is 12.7. The van der Waals surface area contributed by atoms with Crippen LogP contribution in [-0.4, -0.2) is 51.5 Å². The molecule has 0 unspecified atom stereocenters. The van der Waals surface area contributed by atoms with Crippen LogP contribution in [0.25, 0.3) is 10.2 Å². The molecule has 1 aliphatic heterocycles. The molecular weight excluding hydrogens is 318 g/mol. The van der Waals surface area contributed by atoms with Gasteiger partial charge in [0, 0.05) is 26.9 Å². The van der Waals surface area contributed by atoms with Gasteiger partial charge in [-0.05, 0) is 11.4 Å². The number of aromatic nitrogens is 2. The highest BCUT2D eigenvalue weighted by molar-refractivity contribution is 7.17. The number of hydrogen-bond acceptors (Lipinski definition) is 6. The Balaban J connectivity index is 1.79. The molecule has 0 atom stereocenters. The summed E-state index contributed by atoms with van der Waals surface area (Å²) in [6, 6.07) is 1.77. The van der Waals surface area contributed by atoms with Gasteiger partial charge in [-0.25, -0.2) is 9.99 Å². The Kier molecular flexibility index (Phi) is 3.95. The van der Waals surface area contributed by atoms with E-state index in [2.05, 4.69) is 15.1 Å². The molecule has 9 heteroatoms. The van der Waals surface area contributed by atoms with E-state index in [0.717, 1.165) is 0 Å². The third kappa shape index (κ3) is 3.00. The van der Waals surface area contributed by atoms with Crippen LogP contribution in [0, 0.1) is 0 Å². The molecule has 3 heterocycles. The van der Waals surface area contributed by atoms with Crippen molar-refractivity contribution in [2.75, 3.05) is 14.1 Å². The van der Waals surface area contributed by atoms with Gasteiger partial charge in [-0.15, -0.1) is 11.3 Å². The normalized spacial score (nSPS) is 15.0. The van der Waals surface area contributed by atoms with Crippen molar-refractivity contribution in [1.82, 2.24) is 19.9 Å². The molecule has 0 aliphatic carbocycles. The van der Waals surface area contributed by atoms with Crippen molar-refractivity contribution in [3.05, 3.63) is 27.6 Å². The summed E-state index contributed by atoms with van der Waals surface area (Å²) in [6.45, 7) is 0.163. The second-order valence-electron chi connectivity index (χ2n) is 5.27. The van der Waals surface area contributed by atoms with Crippen molar-refractivity contribution in [2.24, 2.45) is 5.10 Å². The van der Waals surface area contributed by atoms with E-state index in [1.54, 1.807) is 18.5 Å². The third-order valence-electron chi connectivity index (χ3n) is 3.55. The standard InChI is InChI=1S/C14H15N5O3S/c1-18(14(22)9-3-4-11(20)19(2)17-9)7-10-15-8-5-6-23-12(8)13(21)16-10/h5-6H,3-4,7H2,1-2H3,(H,15,16,21). The number of aromatic amines is 1. The molecule has 120 valence electrons. The Bertz CT molecular complexity index is 869. The van der Waals surface area contributed by atoms with E-state index in [1.165, 1.54) is 28.3 Å². The molecule has 0 saturated carbocycles. The van der Waals surface area contributed by atoms with Gasteiger partial charge in [0.15, 0.2) is 0 Å². The predicted molar refractivity (Wildman–Crippen MR) is 86.2 cm³/mol. The summed E-state index contributed by atoms with van der Waals surface area (Å²) in [7, 11) is 3.14. The Morgan fingerprint density at radius 3 is 2.96 bits per heavy atom. The maximum absolute atomic E-state index is 12.4. The minimum atomic E-state index is -0.280. The quantitative estimate of drug-likeness (QED) is 0.887. The number of rotatable bonds is 3. The molecule has 0 saturated heterocycles. The highest BCUT2D eigenvalue weighted by Gasteiger charge is 2.24. The van der Waals surface area contributed by atoms with E-state index >= 15 is 0 Å². The molecule has 2 aromatic rings. The second kappa shape index (κ2) is 5.92. The maximum atomic E-state index is 12.4. The van der Waals surface area contributed by atoms with Crippen LogP contribution in [-0.2, 0) is 16.1 Å². The largest absolute Gasteiger partial charge is 0.333 e. The average molecular weight is 333 g/mol. The Labute approximate surface area is 135 Å². The Morgan fingerprint density at radius 2 is 2.22 bits per heavy atom. The van der Waals surface area contributed by atoms with Crippen molar-refractivity contribution < 1.29 is 9.59 Å². The van der Waals surface area contributed by atoms with Crippen LogP contribution in [0.1, 0.15) is 18.7 Å². The molecule has 2 aromatic heterocycles. The van der Waals surface area contributed by atoms with Crippen molar-refractivity contribution >= 4 is 39.1 Å². The van der Waals surface area contributed by atoms with Gasteiger partial charge in [0.1, 0.15) is 16.2 Å². The third-order valence-corrected chi connectivity index (χ3v) is 4.45. The van der Waals surface area contributed by atoms with Gasteiger partial charge in [0.05, 0.1) is 12.1 Å². The lowest BCUT2D eigenvalue weighted by molar-refractivity contribution is -0.130. The van der Waals surface area contributed by atoms with Gasteiger partial charge in [-0.1, -0.05) is 0 Å². The van der Waals surface area contributed by atoms with Crippen LogP contribution >= 0.6 is 11.3 Å². The zero-order chi connectivity index (χ0) is 16.6. The smallest absolute Gasteiger partial charge is 0.270 e. The number of hydrogen-bond donors (Lipinski definition) is 1. The topological polar surface area (TPSA) is 98.7 Å². The van der Waals surface area contributed by atoms with Crippen LogP contribution in [0.5, 0.6) is 0 Å². The lowest BCUT2D eigenvalue weighted by Crippen LogP contribution is -2.38. The van der Waals surface area contributed by atoms with E-state index in [0.29, 0.717) is 28.2 Å². The molecule has 1 aliphatic rings. The molecule has 0 aromatic carbocycles. The molecule has 8 nitrogen and oxygen atoms in total. The SMILES string of the molecule is CN(Cc1nc2ccsc2c(=O)[nH]1)C(=O)C1=NN(C)C(=O)CC1. The number of hydrazone groups is 1. The summed E-state index contributed by atoms with van der Waals surface area (Å²) in [5.41, 5.74) is 0.740. The van der Waals surface area contributed by atoms with Gasteiger partial charge in [-0.2, -0.15) is 5.10 Å². The summed E-state index contributed by atoms with van der Waals surface area (Å²) >= 11 is 1.33. The molecule has 0 bridgehead atoms. The summed E-state index contributed by atoms with van der Waals surface area (Å²) in [6.07, 6.45) is 0.588. The van der Waals surface area contributed by atoms with Crippen molar-refractivity contribution in [3.8, 4) is 0 Å². The molecule has 0 spiro atoms. The monoisotopic (exact) mass is 333 g/mol. The summed E-state index contributed by atoms with van der Waals surface area (Å²) < 4.78 is 0.569. The van der Waals surface area contributed by atoms with Crippen LogP contribution in [0.2, 0.25) is 0 Å². The average Bonchev–Trinajstić information content (AvgIpc) is 2.98. The van der Waals surface area contributed by atoms with E-state index in [1.807, 2.05) is 0 Å². The first-order valence-corrected chi connectivity index (χ1v) is 7.89. The summed E-state index contributed by atoms with van der Waals surface area (Å²) in [4.78, 5) is 44.2. The van der Waals surface area contributed by atoms with Crippen molar-refractivity contribution in [2.45, 2.75) is 19.4 Å². The van der Waals surface area contributed by atoms with Crippen LogP contribution in [0.4, 0.5) is 0 Å². The molecule has 0 radical (unpaired) electrons. The molecule has 23 heavy (non-hydrogen) atoms. The van der Waals surface area contributed by atoms with E-state index < -0.39 is 0 Å². The maximum Gasteiger partial charge on any atom is 0.270 e. The second-order valence-corrected chi connectivity index (χ2v) is 6.19. The van der Waals surface area contributed by atoms with Gasteiger partial charge in [0.25, 0.3) is 11.5 Å².